The molecule has 0 aliphatic carbocycles. The molecule has 0 amide bonds. The molecule has 1 heterocycles. The van der Waals surface area contributed by atoms with Gasteiger partial charge in [-0.2, -0.15) is 0 Å². The van der Waals surface area contributed by atoms with E-state index in [2.05, 4.69) is 20.9 Å². The number of hydrogen-bond acceptors (Lipinski definition) is 4. The lowest BCUT2D eigenvalue weighted by Crippen LogP contribution is -2.00. The number of aliphatic hydroxyl groups is 1. The lowest BCUT2D eigenvalue weighted by Gasteiger charge is -2.10. The van der Waals surface area contributed by atoms with E-state index < -0.39 is 6.10 Å². The summed E-state index contributed by atoms with van der Waals surface area (Å²) in [7, 11) is 0. The van der Waals surface area contributed by atoms with Crippen LogP contribution in [-0.2, 0) is 0 Å². The highest BCUT2D eigenvalue weighted by Gasteiger charge is 2.14. The summed E-state index contributed by atoms with van der Waals surface area (Å²) in [5, 5.41) is 12.7. The van der Waals surface area contributed by atoms with Gasteiger partial charge in [0.15, 0.2) is 0 Å². The van der Waals surface area contributed by atoms with Crippen LogP contribution < -0.4 is 4.74 Å². The molecule has 0 fully saturated rings. The average molecular weight is 314 g/mol. The summed E-state index contributed by atoms with van der Waals surface area (Å²) in [4.78, 5) is 4.21. The van der Waals surface area contributed by atoms with Gasteiger partial charge >= 0.3 is 0 Å². The van der Waals surface area contributed by atoms with Gasteiger partial charge in [-0.05, 0) is 40.5 Å². The zero-order chi connectivity index (χ0) is 12.3. The molecule has 0 bridgehead atoms. The van der Waals surface area contributed by atoms with Crippen LogP contribution in [0, 0.1) is 0 Å². The number of aliphatic hydroxyl groups excluding tert-OH is 1. The molecule has 1 unspecified atom stereocenters. The van der Waals surface area contributed by atoms with Gasteiger partial charge in [-0.1, -0.05) is 12.1 Å². The Morgan fingerprint density at radius 1 is 1.53 bits per heavy atom. The first-order chi connectivity index (χ1) is 8.20. The summed E-state index contributed by atoms with van der Waals surface area (Å²) < 4.78 is 6.15. The fourth-order valence-corrected chi connectivity index (χ4v) is 2.75. The van der Waals surface area contributed by atoms with Gasteiger partial charge in [0.05, 0.1) is 6.61 Å². The highest BCUT2D eigenvalue weighted by atomic mass is 79.9. The van der Waals surface area contributed by atoms with Gasteiger partial charge in [0.2, 0.25) is 0 Å². The Kier molecular flexibility index (Phi) is 4.15. The van der Waals surface area contributed by atoms with E-state index in [9.17, 15) is 5.11 Å². The Labute approximate surface area is 112 Å². The Balaban J connectivity index is 2.24. The highest BCUT2D eigenvalue weighted by molar-refractivity contribution is 9.10. The van der Waals surface area contributed by atoms with Crippen LogP contribution in [-0.4, -0.2) is 16.7 Å². The molecule has 0 spiro atoms. The van der Waals surface area contributed by atoms with Crippen LogP contribution >= 0.6 is 27.3 Å². The van der Waals surface area contributed by atoms with E-state index in [1.807, 2.05) is 36.6 Å². The smallest absolute Gasteiger partial charge is 0.131 e. The summed E-state index contributed by atoms with van der Waals surface area (Å²) in [6.45, 7) is 2.55. The number of benzene rings is 1. The van der Waals surface area contributed by atoms with Crippen LogP contribution in [0.5, 0.6) is 5.75 Å². The summed E-state index contributed by atoms with van der Waals surface area (Å²) >= 11 is 4.70. The molecule has 90 valence electrons. The average Bonchev–Trinajstić information content (AvgIpc) is 2.76. The van der Waals surface area contributed by atoms with Gasteiger partial charge in [0.25, 0.3) is 0 Å². The van der Waals surface area contributed by atoms with Gasteiger partial charge in [-0.15, -0.1) is 11.3 Å². The maximum Gasteiger partial charge on any atom is 0.131 e. The normalized spacial score (nSPS) is 12.4. The van der Waals surface area contributed by atoms with Crippen LogP contribution in [0.25, 0.3) is 0 Å². The third kappa shape index (κ3) is 3.06. The largest absolute Gasteiger partial charge is 0.494 e. The first-order valence-corrected chi connectivity index (χ1v) is 6.89. The van der Waals surface area contributed by atoms with Gasteiger partial charge in [-0.25, -0.2) is 4.98 Å². The fourth-order valence-electron chi connectivity index (χ4n) is 1.48. The third-order valence-corrected chi connectivity index (χ3v) is 3.82. The first-order valence-electron chi connectivity index (χ1n) is 5.22. The number of hydrogen-bond donors (Lipinski definition) is 1. The summed E-state index contributed by atoms with van der Waals surface area (Å²) in [5.74, 6) is 0.764. The van der Waals surface area contributed by atoms with Gasteiger partial charge in [0, 0.05) is 5.38 Å². The standard InChI is InChI=1S/C12H12BrNO2S/c1-2-16-9-5-3-4-8(6-9)11(15)12-14-10(13)7-17-12/h3-7,11,15H,2H2,1H3. The lowest BCUT2D eigenvalue weighted by molar-refractivity contribution is 0.219. The first kappa shape index (κ1) is 12.5. The minimum atomic E-state index is -0.702. The monoisotopic (exact) mass is 313 g/mol. The Hall–Kier alpha value is -0.910. The zero-order valence-electron chi connectivity index (χ0n) is 9.26. The van der Waals surface area contributed by atoms with Crippen molar-refractivity contribution in [3.05, 3.63) is 44.8 Å². The van der Waals surface area contributed by atoms with E-state index in [4.69, 9.17) is 4.74 Å². The van der Waals surface area contributed by atoms with E-state index in [0.717, 1.165) is 15.9 Å². The molecule has 2 aromatic rings. The second kappa shape index (κ2) is 5.62. The van der Waals surface area contributed by atoms with Crippen molar-refractivity contribution in [2.75, 3.05) is 6.61 Å². The molecule has 2 rings (SSSR count). The van der Waals surface area contributed by atoms with E-state index >= 15 is 0 Å². The number of aromatic nitrogens is 1. The van der Waals surface area contributed by atoms with E-state index in [0.29, 0.717) is 11.6 Å². The van der Waals surface area contributed by atoms with Crippen molar-refractivity contribution in [2.24, 2.45) is 0 Å². The van der Waals surface area contributed by atoms with Crippen LogP contribution in [0.2, 0.25) is 0 Å². The second-order valence-corrected chi connectivity index (χ2v) is 5.12. The molecule has 1 aromatic carbocycles. The predicted molar refractivity (Wildman–Crippen MR) is 71.5 cm³/mol. The molecule has 5 heteroatoms. The van der Waals surface area contributed by atoms with Crippen molar-refractivity contribution in [1.82, 2.24) is 4.98 Å². The predicted octanol–water partition coefficient (Wildman–Crippen LogP) is 3.39. The molecule has 3 nitrogen and oxygen atoms in total. The fraction of sp³-hybridized carbons (Fsp3) is 0.250. The topological polar surface area (TPSA) is 42.4 Å². The third-order valence-electron chi connectivity index (χ3n) is 2.21. The molecule has 0 saturated heterocycles. The number of rotatable bonds is 4. The summed E-state index contributed by atoms with van der Waals surface area (Å²) in [6, 6.07) is 7.44. The van der Waals surface area contributed by atoms with Crippen LogP contribution in [0.3, 0.4) is 0 Å². The zero-order valence-corrected chi connectivity index (χ0v) is 11.7. The van der Waals surface area contributed by atoms with Crippen LogP contribution in [0.1, 0.15) is 23.6 Å². The van der Waals surface area contributed by atoms with Crippen molar-refractivity contribution >= 4 is 27.3 Å². The second-order valence-electron chi connectivity index (χ2n) is 3.42. The molecule has 1 aromatic heterocycles. The molecule has 0 aliphatic heterocycles. The molecule has 0 saturated carbocycles. The highest BCUT2D eigenvalue weighted by Crippen LogP contribution is 2.28. The van der Waals surface area contributed by atoms with E-state index in [1.165, 1.54) is 11.3 Å². The molecule has 1 N–H and O–H groups in total. The molecule has 0 aliphatic rings. The lowest BCUT2D eigenvalue weighted by atomic mass is 10.1. The Morgan fingerprint density at radius 3 is 3.00 bits per heavy atom. The van der Waals surface area contributed by atoms with E-state index in [1.54, 1.807) is 0 Å². The quantitative estimate of drug-likeness (QED) is 0.940. The Bertz CT molecular complexity index is 501. The number of ether oxygens (including phenoxy) is 1. The van der Waals surface area contributed by atoms with Gasteiger partial charge < -0.3 is 9.84 Å². The van der Waals surface area contributed by atoms with E-state index in [-0.39, 0.29) is 0 Å². The molecule has 1 atom stereocenters. The van der Waals surface area contributed by atoms with Gasteiger partial charge in [0.1, 0.15) is 21.5 Å². The van der Waals surface area contributed by atoms with Crippen molar-refractivity contribution in [2.45, 2.75) is 13.0 Å². The maximum absolute atomic E-state index is 10.2. The van der Waals surface area contributed by atoms with Crippen molar-refractivity contribution in [3.8, 4) is 5.75 Å². The van der Waals surface area contributed by atoms with Crippen LogP contribution in [0.15, 0.2) is 34.2 Å². The van der Waals surface area contributed by atoms with Crippen molar-refractivity contribution in [1.29, 1.82) is 0 Å². The minimum Gasteiger partial charge on any atom is -0.494 e. The molecule has 0 radical (unpaired) electrons. The van der Waals surface area contributed by atoms with Crippen molar-refractivity contribution in [3.63, 3.8) is 0 Å². The Morgan fingerprint density at radius 2 is 2.35 bits per heavy atom. The number of thiazole rings is 1. The van der Waals surface area contributed by atoms with Crippen molar-refractivity contribution < 1.29 is 9.84 Å². The minimum absolute atomic E-state index is 0.613. The number of nitrogens with zero attached hydrogens (tertiary/aromatic N) is 1. The maximum atomic E-state index is 10.2. The van der Waals surface area contributed by atoms with Gasteiger partial charge in [-0.3, -0.25) is 0 Å². The van der Waals surface area contributed by atoms with Crippen LogP contribution in [0.4, 0.5) is 0 Å². The number of halogens is 1. The molecular formula is C12H12BrNO2S. The SMILES string of the molecule is CCOc1cccc(C(O)c2nc(Br)cs2)c1. The molecular weight excluding hydrogens is 302 g/mol. The molecule has 17 heavy (non-hydrogen) atoms. The summed E-state index contributed by atoms with van der Waals surface area (Å²) in [6.07, 6.45) is -0.702. The summed E-state index contributed by atoms with van der Waals surface area (Å²) in [5.41, 5.74) is 0.790.